The molecule has 0 aliphatic heterocycles. The van der Waals surface area contributed by atoms with Crippen LogP contribution in [0, 0.1) is 6.92 Å². The number of aliphatic imine (C=N–C) groups is 2. The number of nitrogens with two attached hydrogens (primary N) is 1. The van der Waals surface area contributed by atoms with Crippen LogP contribution in [0.3, 0.4) is 0 Å². The van der Waals surface area contributed by atoms with E-state index in [-0.39, 0.29) is 11.6 Å². The number of hydrogen-bond acceptors (Lipinski definition) is 5. The molecule has 1 heterocycles. The molecule has 0 atom stereocenters. The van der Waals surface area contributed by atoms with Crippen molar-refractivity contribution in [2.75, 3.05) is 5.73 Å². The number of nitrogen functional groups attached to an aromatic ring is 1. The van der Waals surface area contributed by atoms with Crippen LogP contribution in [0.2, 0.25) is 0 Å². The quantitative estimate of drug-likeness (QED) is 0.319. The fraction of sp³-hybridized carbons (Fsp3) is 0.136. The minimum Gasteiger partial charge on any atom is -0.424 e. The molecule has 28 heavy (non-hydrogen) atoms. The van der Waals surface area contributed by atoms with Gasteiger partial charge in [0.15, 0.2) is 0 Å². The second kappa shape index (κ2) is 8.35. The lowest BCUT2D eigenvalue weighted by Gasteiger charge is -2.10. The molecule has 0 aliphatic rings. The summed E-state index contributed by atoms with van der Waals surface area (Å²) in [6, 6.07) is 12.8. The molecule has 6 nitrogen and oxygen atoms in total. The number of allylic oxidation sites excluding steroid dienone is 1. The Balaban J connectivity index is 1.98. The number of nitrogens with zero attached hydrogens (tertiary/aromatic N) is 2. The molecule has 0 amide bonds. The van der Waals surface area contributed by atoms with Gasteiger partial charge in [-0.3, -0.25) is 0 Å². The van der Waals surface area contributed by atoms with Crippen molar-refractivity contribution in [3.8, 4) is 5.75 Å². The summed E-state index contributed by atoms with van der Waals surface area (Å²) in [4.78, 5) is 20.3. The third kappa shape index (κ3) is 4.17. The van der Waals surface area contributed by atoms with E-state index in [2.05, 4.69) is 16.7 Å². The van der Waals surface area contributed by atoms with Crippen molar-refractivity contribution in [1.82, 2.24) is 0 Å². The van der Waals surface area contributed by atoms with Gasteiger partial charge in [0.1, 0.15) is 11.3 Å². The predicted molar refractivity (Wildman–Crippen MR) is 113 cm³/mol. The Morgan fingerprint density at radius 1 is 1.29 bits per heavy atom. The van der Waals surface area contributed by atoms with E-state index < -0.39 is 0 Å². The molecule has 0 saturated carbocycles. The first-order valence-electron chi connectivity index (χ1n) is 8.76. The van der Waals surface area contributed by atoms with Crippen LogP contribution >= 0.6 is 0 Å². The average Bonchev–Trinajstić information content (AvgIpc) is 2.68. The van der Waals surface area contributed by atoms with Gasteiger partial charge in [0.2, 0.25) is 0 Å². The summed E-state index contributed by atoms with van der Waals surface area (Å²) in [5.41, 5.74) is 8.98. The van der Waals surface area contributed by atoms with E-state index >= 15 is 0 Å². The van der Waals surface area contributed by atoms with Crippen LogP contribution in [0.5, 0.6) is 5.75 Å². The predicted octanol–water partition coefficient (Wildman–Crippen LogP) is 4.24. The zero-order chi connectivity index (χ0) is 20.1. The fourth-order valence-corrected chi connectivity index (χ4v) is 2.89. The van der Waals surface area contributed by atoms with E-state index in [4.69, 9.17) is 14.9 Å². The summed E-state index contributed by atoms with van der Waals surface area (Å²) >= 11 is 0. The molecular formula is C22H21N3O3. The standard InChI is InChI=1S/C22H21N3O3/c1-4-10-25-22(24-3)27-17-8-9-18-14(2)19(21(26)28-20(18)13-17)12-15-6-5-7-16(23)11-15/h4-11,13H,3,12,23H2,1-2H3/b10-4-,25-22?. The first-order valence-corrected chi connectivity index (χ1v) is 8.76. The first kappa shape index (κ1) is 19.1. The van der Waals surface area contributed by atoms with Crippen molar-refractivity contribution in [3.63, 3.8) is 0 Å². The molecule has 1 aromatic heterocycles. The Hall–Kier alpha value is -3.67. The van der Waals surface area contributed by atoms with Crippen molar-refractivity contribution < 1.29 is 9.15 Å². The number of aryl methyl sites for hydroxylation is 1. The molecule has 0 bridgehead atoms. The number of benzene rings is 2. The second-order valence-electron chi connectivity index (χ2n) is 6.23. The van der Waals surface area contributed by atoms with Crippen molar-refractivity contribution in [2.45, 2.75) is 20.3 Å². The maximum Gasteiger partial charge on any atom is 0.340 e. The molecular weight excluding hydrogens is 354 g/mol. The van der Waals surface area contributed by atoms with Gasteiger partial charge in [-0.1, -0.05) is 18.2 Å². The lowest BCUT2D eigenvalue weighted by atomic mass is 9.99. The first-order chi connectivity index (χ1) is 13.5. The summed E-state index contributed by atoms with van der Waals surface area (Å²) in [5.74, 6) is 0.453. The summed E-state index contributed by atoms with van der Waals surface area (Å²) in [6.07, 6.45) is 3.76. The van der Waals surface area contributed by atoms with Gasteiger partial charge < -0.3 is 14.9 Å². The van der Waals surface area contributed by atoms with Crippen molar-refractivity contribution >= 4 is 29.4 Å². The van der Waals surface area contributed by atoms with Crippen LogP contribution < -0.4 is 16.1 Å². The third-order valence-corrected chi connectivity index (χ3v) is 4.27. The van der Waals surface area contributed by atoms with Gasteiger partial charge in [0.25, 0.3) is 0 Å². The molecule has 2 N–H and O–H groups in total. The molecule has 3 rings (SSSR count). The monoisotopic (exact) mass is 375 g/mol. The Bertz CT molecular complexity index is 1140. The van der Waals surface area contributed by atoms with Crippen molar-refractivity contribution in [3.05, 3.63) is 81.9 Å². The number of ether oxygens (including phenoxy) is 1. The smallest absolute Gasteiger partial charge is 0.340 e. The van der Waals surface area contributed by atoms with Crippen LogP contribution in [0.25, 0.3) is 11.0 Å². The molecule has 142 valence electrons. The summed E-state index contributed by atoms with van der Waals surface area (Å²) < 4.78 is 11.1. The molecule has 2 aromatic carbocycles. The highest BCUT2D eigenvalue weighted by Crippen LogP contribution is 2.25. The minimum absolute atomic E-state index is 0.106. The van der Waals surface area contributed by atoms with Crippen molar-refractivity contribution in [2.24, 2.45) is 9.98 Å². The number of anilines is 1. The molecule has 0 fully saturated rings. The topological polar surface area (TPSA) is 90.2 Å². The molecule has 0 aliphatic carbocycles. The van der Waals surface area contributed by atoms with E-state index in [1.54, 1.807) is 24.4 Å². The van der Waals surface area contributed by atoms with Crippen LogP contribution in [0.4, 0.5) is 5.69 Å². The highest BCUT2D eigenvalue weighted by Gasteiger charge is 2.13. The highest BCUT2D eigenvalue weighted by atomic mass is 16.5. The molecule has 6 heteroatoms. The number of rotatable bonds is 4. The zero-order valence-corrected chi connectivity index (χ0v) is 15.8. The van der Waals surface area contributed by atoms with Crippen LogP contribution in [0.15, 0.2) is 73.9 Å². The largest absolute Gasteiger partial charge is 0.424 e. The summed E-state index contributed by atoms with van der Waals surface area (Å²) in [5, 5.41) is 0.837. The van der Waals surface area contributed by atoms with Gasteiger partial charge in [0.05, 0.1) is 0 Å². The Morgan fingerprint density at radius 2 is 2.11 bits per heavy atom. The molecule has 0 radical (unpaired) electrons. The van der Waals surface area contributed by atoms with Crippen molar-refractivity contribution in [1.29, 1.82) is 0 Å². The normalized spacial score (nSPS) is 11.9. The second-order valence-corrected chi connectivity index (χ2v) is 6.23. The van der Waals surface area contributed by atoms with Gasteiger partial charge in [0, 0.05) is 35.3 Å². The van der Waals surface area contributed by atoms with Gasteiger partial charge in [-0.2, -0.15) is 0 Å². The fourth-order valence-electron chi connectivity index (χ4n) is 2.89. The Labute approximate surface area is 162 Å². The number of fused-ring (bicyclic) bond motifs is 1. The van der Waals surface area contributed by atoms with Gasteiger partial charge >= 0.3 is 11.6 Å². The third-order valence-electron chi connectivity index (χ3n) is 4.27. The lowest BCUT2D eigenvalue weighted by Crippen LogP contribution is -2.11. The molecule has 0 spiro atoms. The van der Waals surface area contributed by atoms with E-state index in [0.717, 1.165) is 16.5 Å². The van der Waals surface area contributed by atoms with Crippen LogP contribution in [-0.4, -0.2) is 12.7 Å². The zero-order valence-electron chi connectivity index (χ0n) is 15.8. The molecule has 0 saturated heterocycles. The Kier molecular flexibility index (Phi) is 5.69. The molecule has 3 aromatic rings. The van der Waals surface area contributed by atoms with E-state index in [1.807, 2.05) is 44.2 Å². The highest BCUT2D eigenvalue weighted by molar-refractivity contribution is 5.85. The summed E-state index contributed by atoms with van der Waals surface area (Å²) in [7, 11) is 0. The average molecular weight is 375 g/mol. The Morgan fingerprint density at radius 3 is 2.82 bits per heavy atom. The van der Waals surface area contributed by atoms with Gasteiger partial charge in [-0.25, -0.2) is 14.8 Å². The molecule has 0 unspecified atom stereocenters. The van der Waals surface area contributed by atoms with E-state index in [1.165, 1.54) is 0 Å². The number of hydrogen-bond donors (Lipinski definition) is 1. The van der Waals surface area contributed by atoms with E-state index in [0.29, 0.717) is 29.0 Å². The minimum atomic E-state index is -0.380. The van der Waals surface area contributed by atoms with Crippen LogP contribution in [0.1, 0.15) is 23.6 Å². The SMILES string of the molecule is C=NC(=N/C=C\C)Oc1ccc2c(C)c(Cc3cccc(N)c3)c(=O)oc2c1. The van der Waals surface area contributed by atoms with E-state index in [9.17, 15) is 4.79 Å². The maximum absolute atomic E-state index is 12.6. The maximum atomic E-state index is 12.6. The lowest BCUT2D eigenvalue weighted by molar-refractivity contribution is 0.530. The summed E-state index contributed by atoms with van der Waals surface area (Å²) in [6.45, 7) is 7.18. The van der Waals surface area contributed by atoms with Gasteiger partial charge in [-0.15, -0.1) is 0 Å². The number of amidine groups is 1. The van der Waals surface area contributed by atoms with Crippen LogP contribution in [-0.2, 0) is 6.42 Å². The van der Waals surface area contributed by atoms with Gasteiger partial charge in [-0.05, 0) is 56.0 Å².